The summed E-state index contributed by atoms with van der Waals surface area (Å²) >= 11 is 0. The fraction of sp³-hybridized carbons (Fsp3) is 0.316. The van der Waals surface area contributed by atoms with Gasteiger partial charge in [-0.25, -0.2) is 4.79 Å². The van der Waals surface area contributed by atoms with Crippen molar-refractivity contribution in [3.8, 4) is 11.1 Å². The van der Waals surface area contributed by atoms with E-state index in [4.69, 9.17) is 20.4 Å². The van der Waals surface area contributed by atoms with Gasteiger partial charge < -0.3 is 25.2 Å². The molecule has 3 unspecified atom stereocenters. The molecule has 0 amide bonds. The molecule has 0 radical (unpaired) electrons. The Hall–Kier alpha value is -2.25. The zero-order chi connectivity index (χ0) is 18.7. The zero-order valence-electron chi connectivity index (χ0n) is 14.0. The van der Waals surface area contributed by atoms with Crippen molar-refractivity contribution in [1.29, 1.82) is 0 Å². The van der Waals surface area contributed by atoms with Crippen molar-refractivity contribution < 1.29 is 30.0 Å². The van der Waals surface area contributed by atoms with Crippen molar-refractivity contribution >= 4 is 5.97 Å². The molecule has 0 saturated heterocycles. The molecule has 0 aliphatic rings. The van der Waals surface area contributed by atoms with Crippen LogP contribution in [0.3, 0.4) is 0 Å². The first-order chi connectivity index (χ1) is 12.0. The molecule has 136 valence electrons. The highest BCUT2D eigenvalue weighted by molar-refractivity contribution is 5.75. The first-order valence-electron chi connectivity index (χ1n) is 7.84. The Morgan fingerprint density at radius 1 is 0.920 bits per heavy atom. The SMILES string of the molecule is COC(=O)C(O)C(O)C(O)CCO.c1ccc(-c2ccccc2)cc1. The maximum Gasteiger partial charge on any atom is 0.337 e. The van der Waals surface area contributed by atoms with Gasteiger partial charge in [-0.1, -0.05) is 60.7 Å². The lowest BCUT2D eigenvalue weighted by Crippen LogP contribution is -2.43. The predicted octanol–water partition coefficient (Wildman–Crippen LogP) is 0.978. The number of carbonyl (C=O) groups excluding carboxylic acids is 1. The van der Waals surface area contributed by atoms with Gasteiger partial charge in [-0.15, -0.1) is 0 Å². The number of aliphatic hydroxyl groups is 4. The van der Waals surface area contributed by atoms with Crippen LogP contribution in [-0.4, -0.2) is 58.4 Å². The lowest BCUT2D eigenvalue weighted by Gasteiger charge is -2.20. The molecule has 0 heterocycles. The van der Waals surface area contributed by atoms with E-state index in [-0.39, 0.29) is 13.0 Å². The summed E-state index contributed by atoms with van der Waals surface area (Å²) in [5.74, 6) is -1.02. The molecule has 6 nitrogen and oxygen atoms in total. The lowest BCUT2D eigenvalue weighted by molar-refractivity contribution is -0.162. The van der Waals surface area contributed by atoms with Gasteiger partial charge in [-0.3, -0.25) is 0 Å². The molecule has 2 rings (SSSR count). The Bertz CT molecular complexity index is 564. The largest absolute Gasteiger partial charge is 0.467 e. The van der Waals surface area contributed by atoms with Crippen LogP contribution in [0.2, 0.25) is 0 Å². The first-order valence-corrected chi connectivity index (χ1v) is 7.84. The van der Waals surface area contributed by atoms with Gasteiger partial charge in [0.1, 0.15) is 6.10 Å². The minimum Gasteiger partial charge on any atom is -0.467 e. The smallest absolute Gasteiger partial charge is 0.337 e. The van der Waals surface area contributed by atoms with Gasteiger partial charge >= 0.3 is 5.97 Å². The van der Waals surface area contributed by atoms with Gasteiger partial charge in [0.05, 0.1) is 13.2 Å². The van der Waals surface area contributed by atoms with E-state index < -0.39 is 24.3 Å². The van der Waals surface area contributed by atoms with Gasteiger partial charge in [0.15, 0.2) is 6.10 Å². The fourth-order valence-corrected chi connectivity index (χ4v) is 2.03. The molecule has 2 aromatic rings. The Balaban J connectivity index is 0.000000250. The maximum atomic E-state index is 10.7. The van der Waals surface area contributed by atoms with Crippen LogP contribution in [-0.2, 0) is 9.53 Å². The van der Waals surface area contributed by atoms with Gasteiger partial charge in [0.2, 0.25) is 0 Å². The van der Waals surface area contributed by atoms with Crippen LogP contribution in [0.15, 0.2) is 60.7 Å². The van der Waals surface area contributed by atoms with E-state index >= 15 is 0 Å². The van der Waals surface area contributed by atoms with Crippen LogP contribution in [0.4, 0.5) is 0 Å². The van der Waals surface area contributed by atoms with E-state index in [1.165, 1.54) is 11.1 Å². The van der Waals surface area contributed by atoms with Gasteiger partial charge in [0, 0.05) is 6.61 Å². The summed E-state index contributed by atoms with van der Waals surface area (Å²) in [7, 11) is 1.05. The van der Waals surface area contributed by atoms with Crippen LogP contribution >= 0.6 is 0 Å². The van der Waals surface area contributed by atoms with Crippen molar-refractivity contribution in [3.63, 3.8) is 0 Å². The van der Waals surface area contributed by atoms with Crippen LogP contribution in [0.25, 0.3) is 11.1 Å². The monoisotopic (exact) mass is 348 g/mol. The molecule has 6 heteroatoms. The van der Waals surface area contributed by atoms with E-state index in [0.717, 1.165) is 7.11 Å². The number of rotatable bonds is 6. The van der Waals surface area contributed by atoms with E-state index in [0.29, 0.717) is 0 Å². The Labute approximate surface area is 147 Å². The first kappa shape index (κ1) is 20.8. The number of benzene rings is 2. The Morgan fingerprint density at radius 2 is 1.36 bits per heavy atom. The number of aliphatic hydroxyl groups excluding tert-OH is 4. The van der Waals surface area contributed by atoms with E-state index in [9.17, 15) is 4.79 Å². The minimum atomic E-state index is -1.79. The minimum absolute atomic E-state index is 0.116. The van der Waals surface area contributed by atoms with Crippen LogP contribution in [0, 0.1) is 0 Å². The topological polar surface area (TPSA) is 107 Å². The highest BCUT2D eigenvalue weighted by atomic mass is 16.5. The van der Waals surface area contributed by atoms with Crippen molar-refractivity contribution in [2.45, 2.75) is 24.7 Å². The third-order valence-corrected chi connectivity index (χ3v) is 3.47. The van der Waals surface area contributed by atoms with Gasteiger partial charge in [-0.05, 0) is 17.5 Å². The molecule has 0 aromatic heterocycles. The molecule has 3 atom stereocenters. The average Bonchev–Trinajstić information content (AvgIpc) is 2.68. The second-order valence-corrected chi connectivity index (χ2v) is 5.27. The molecule has 0 saturated carbocycles. The summed E-state index contributed by atoms with van der Waals surface area (Å²) in [6.45, 7) is -0.341. The molecule has 4 N–H and O–H groups in total. The lowest BCUT2D eigenvalue weighted by atomic mass is 10.1. The van der Waals surface area contributed by atoms with E-state index in [2.05, 4.69) is 53.3 Å². The van der Waals surface area contributed by atoms with Crippen molar-refractivity contribution in [3.05, 3.63) is 60.7 Å². The summed E-state index contributed by atoms with van der Waals surface area (Å²) in [4.78, 5) is 10.7. The molecule has 0 aliphatic heterocycles. The summed E-state index contributed by atoms with van der Waals surface area (Å²) in [5, 5.41) is 35.6. The molecule has 0 fully saturated rings. The maximum absolute atomic E-state index is 10.7. The fourth-order valence-electron chi connectivity index (χ4n) is 2.03. The molecular formula is C19H24O6. The third kappa shape index (κ3) is 7.03. The molecule has 25 heavy (non-hydrogen) atoms. The summed E-state index contributed by atoms with van der Waals surface area (Å²) < 4.78 is 4.14. The summed E-state index contributed by atoms with van der Waals surface area (Å²) in [6, 6.07) is 20.8. The highest BCUT2D eigenvalue weighted by Crippen LogP contribution is 2.17. The average molecular weight is 348 g/mol. The highest BCUT2D eigenvalue weighted by Gasteiger charge is 2.30. The van der Waals surface area contributed by atoms with Gasteiger partial charge in [-0.2, -0.15) is 0 Å². The van der Waals surface area contributed by atoms with Crippen molar-refractivity contribution in [1.82, 2.24) is 0 Å². The van der Waals surface area contributed by atoms with Gasteiger partial charge in [0.25, 0.3) is 0 Å². The number of methoxy groups -OCH3 is 1. The number of hydrogen-bond acceptors (Lipinski definition) is 6. The number of ether oxygens (including phenoxy) is 1. The number of carbonyl (C=O) groups is 1. The second-order valence-electron chi connectivity index (χ2n) is 5.27. The molecule has 0 spiro atoms. The Morgan fingerprint density at radius 3 is 1.72 bits per heavy atom. The van der Waals surface area contributed by atoms with Crippen LogP contribution in [0.5, 0.6) is 0 Å². The molecule has 0 bridgehead atoms. The normalized spacial score (nSPS) is 13.8. The molecule has 2 aromatic carbocycles. The van der Waals surface area contributed by atoms with Crippen LogP contribution < -0.4 is 0 Å². The van der Waals surface area contributed by atoms with E-state index in [1.54, 1.807) is 0 Å². The van der Waals surface area contributed by atoms with Crippen molar-refractivity contribution in [2.24, 2.45) is 0 Å². The van der Waals surface area contributed by atoms with Crippen LogP contribution in [0.1, 0.15) is 6.42 Å². The third-order valence-electron chi connectivity index (χ3n) is 3.47. The second kappa shape index (κ2) is 11.3. The standard InChI is InChI=1S/C12H10.C7H14O6/c1-3-7-11(8-4-1)12-9-5-2-6-10-12;1-13-7(12)6(11)5(10)4(9)2-3-8/h1-10H;4-6,8-11H,2-3H2,1H3. The predicted molar refractivity (Wildman–Crippen MR) is 93.6 cm³/mol. The summed E-state index contributed by atoms with van der Waals surface area (Å²) in [5.41, 5.74) is 2.55. The number of esters is 1. The Kier molecular flexibility index (Phi) is 9.42. The number of hydrogen-bond donors (Lipinski definition) is 4. The van der Waals surface area contributed by atoms with Crippen molar-refractivity contribution in [2.75, 3.05) is 13.7 Å². The summed E-state index contributed by atoms with van der Waals surface area (Å²) in [6.07, 6.45) is -4.89. The van der Waals surface area contributed by atoms with E-state index in [1.807, 2.05) is 12.1 Å². The molecule has 0 aliphatic carbocycles. The quantitative estimate of drug-likeness (QED) is 0.580. The zero-order valence-corrected chi connectivity index (χ0v) is 14.0. The molecular weight excluding hydrogens is 324 g/mol.